The van der Waals surface area contributed by atoms with Crippen LogP contribution in [0.3, 0.4) is 0 Å². The van der Waals surface area contributed by atoms with Crippen LogP contribution in [0, 0.1) is 0 Å². The molecule has 0 aromatic heterocycles. The van der Waals surface area contributed by atoms with Crippen LogP contribution in [0.5, 0.6) is 0 Å². The van der Waals surface area contributed by atoms with Crippen molar-refractivity contribution in [1.82, 2.24) is 0 Å². The number of halogens is 1. The summed E-state index contributed by atoms with van der Waals surface area (Å²) in [6.45, 7) is 1.96. The van der Waals surface area contributed by atoms with Crippen molar-refractivity contribution in [3.05, 3.63) is 108 Å². The van der Waals surface area contributed by atoms with E-state index >= 15 is 0 Å². The number of hydrogen-bond acceptors (Lipinski definition) is 4. The summed E-state index contributed by atoms with van der Waals surface area (Å²) in [4.78, 5) is 0. The minimum absolute atomic E-state index is 0.224. The second-order valence-electron chi connectivity index (χ2n) is 7.55. The molecule has 0 N–H and O–H groups in total. The number of ether oxygens (including phenoxy) is 4. The topological polar surface area (TPSA) is 36.9 Å². The summed E-state index contributed by atoms with van der Waals surface area (Å²) in [5.74, 6) is 0. The van der Waals surface area contributed by atoms with Gasteiger partial charge < -0.3 is 18.9 Å². The van der Waals surface area contributed by atoms with Crippen molar-refractivity contribution in [3.63, 3.8) is 0 Å². The summed E-state index contributed by atoms with van der Waals surface area (Å²) in [6, 6.07) is 30.4. The molecule has 4 atom stereocenters. The molecular formula is C26H27BrO4. The predicted molar refractivity (Wildman–Crippen MR) is 124 cm³/mol. The smallest absolute Gasteiger partial charge is 0.141 e. The van der Waals surface area contributed by atoms with Gasteiger partial charge in [-0.25, -0.2) is 0 Å². The van der Waals surface area contributed by atoms with Crippen LogP contribution >= 0.6 is 15.9 Å². The zero-order valence-electron chi connectivity index (χ0n) is 17.3. The Balaban J connectivity index is 1.39. The minimum atomic E-state index is -0.262. The van der Waals surface area contributed by atoms with E-state index in [1.165, 1.54) is 0 Å². The first-order valence-electron chi connectivity index (χ1n) is 10.5. The van der Waals surface area contributed by atoms with Crippen molar-refractivity contribution >= 4 is 15.9 Å². The highest BCUT2D eigenvalue weighted by Crippen LogP contribution is 2.32. The van der Waals surface area contributed by atoms with Crippen molar-refractivity contribution in [2.45, 2.75) is 43.1 Å². The standard InChI is InChI=1S/C26H27BrO4/c27-26-25(30-18-22-14-8-3-9-15-22)24(29-17-21-12-6-2-7-13-21)23(31-26)19-28-16-20-10-4-1-5-11-20/h1-15,23-26H,16-19H2/t23-,24-,25+,26-/m1/s1. The minimum Gasteiger partial charge on any atom is -0.374 e. The highest BCUT2D eigenvalue weighted by atomic mass is 79.9. The van der Waals surface area contributed by atoms with E-state index in [0.717, 1.165) is 16.7 Å². The maximum atomic E-state index is 6.32. The van der Waals surface area contributed by atoms with Crippen LogP contribution in [0.4, 0.5) is 0 Å². The number of benzene rings is 3. The van der Waals surface area contributed by atoms with E-state index in [-0.39, 0.29) is 23.3 Å². The van der Waals surface area contributed by atoms with Gasteiger partial charge >= 0.3 is 0 Å². The summed E-state index contributed by atoms with van der Waals surface area (Å²) in [7, 11) is 0. The van der Waals surface area contributed by atoms with Gasteiger partial charge in [-0.1, -0.05) is 107 Å². The summed E-state index contributed by atoms with van der Waals surface area (Å²) >= 11 is 3.64. The van der Waals surface area contributed by atoms with Gasteiger partial charge in [-0.05, 0) is 16.7 Å². The Morgan fingerprint density at radius 2 is 1.06 bits per heavy atom. The lowest BCUT2D eigenvalue weighted by molar-refractivity contribution is -0.0895. The van der Waals surface area contributed by atoms with Gasteiger partial charge in [-0.15, -0.1) is 0 Å². The third-order valence-electron chi connectivity index (χ3n) is 5.22. The Labute approximate surface area is 192 Å². The van der Waals surface area contributed by atoms with Gasteiger partial charge in [0.05, 0.1) is 26.4 Å². The van der Waals surface area contributed by atoms with Gasteiger partial charge in [-0.2, -0.15) is 0 Å². The maximum absolute atomic E-state index is 6.32. The number of rotatable bonds is 10. The van der Waals surface area contributed by atoms with Crippen molar-refractivity contribution in [3.8, 4) is 0 Å². The molecule has 4 rings (SSSR count). The Morgan fingerprint density at radius 3 is 1.58 bits per heavy atom. The third-order valence-corrected chi connectivity index (χ3v) is 5.95. The molecular weight excluding hydrogens is 456 g/mol. The largest absolute Gasteiger partial charge is 0.374 e. The summed E-state index contributed by atoms with van der Waals surface area (Å²) in [5, 5.41) is -0.262. The van der Waals surface area contributed by atoms with Crippen LogP contribution in [-0.4, -0.2) is 29.9 Å². The van der Waals surface area contributed by atoms with Crippen molar-refractivity contribution in [2.75, 3.05) is 6.61 Å². The first-order valence-corrected chi connectivity index (χ1v) is 11.4. The van der Waals surface area contributed by atoms with Crippen LogP contribution in [-0.2, 0) is 38.8 Å². The molecule has 3 aromatic rings. The Hall–Kier alpha value is -2.02. The Bertz CT molecular complexity index is 891. The predicted octanol–water partition coefficient (Wildman–Crippen LogP) is 5.49. The molecule has 1 fully saturated rings. The van der Waals surface area contributed by atoms with E-state index < -0.39 is 0 Å². The molecule has 31 heavy (non-hydrogen) atoms. The highest BCUT2D eigenvalue weighted by Gasteiger charge is 2.45. The molecule has 0 spiro atoms. The summed E-state index contributed by atoms with van der Waals surface area (Å²) < 4.78 is 24.7. The van der Waals surface area contributed by atoms with E-state index in [4.69, 9.17) is 18.9 Å². The maximum Gasteiger partial charge on any atom is 0.141 e. The average molecular weight is 483 g/mol. The van der Waals surface area contributed by atoms with E-state index in [0.29, 0.717) is 26.4 Å². The molecule has 162 valence electrons. The molecule has 0 amide bonds. The highest BCUT2D eigenvalue weighted by molar-refractivity contribution is 9.09. The molecule has 0 radical (unpaired) electrons. The van der Waals surface area contributed by atoms with Gasteiger partial charge in [0, 0.05) is 0 Å². The van der Waals surface area contributed by atoms with E-state index in [2.05, 4.69) is 52.3 Å². The van der Waals surface area contributed by atoms with E-state index in [1.54, 1.807) is 0 Å². The van der Waals surface area contributed by atoms with Crippen molar-refractivity contribution in [1.29, 1.82) is 0 Å². The fraction of sp³-hybridized carbons (Fsp3) is 0.308. The van der Waals surface area contributed by atoms with E-state index in [9.17, 15) is 0 Å². The number of hydrogen-bond donors (Lipinski definition) is 0. The molecule has 4 nitrogen and oxygen atoms in total. The molecule has 0 saturated carbocycles. The molecule has 5 heteroatoms. The summed E-state index contributed by atoms with van der Waals surface area (Å²) in [5.41, 5.74) is 3.37. The molecule has 1 heterocycles. The average Bonchev–Trinajstić information content (AvgIpc) is 3.12. The van der Waals surface area contributed by atoms with Crippen LogP contribution in [0.2, 0.25) is 0 Å². The third kappa shape index (κ3) is 6.48. The monoisotopic (exact) mass is 482 g/mol. The first-order chi connectivity index (χ1) is 15.3. The molecule has 1 aliphatic rings. The molecule has 3 aromatic carbocycles. The Kier molecular flexibility index (Phi) is 8.27. The second kappa shape index (κ2) is 11.6. The second-order valence-corrected chi connectivity index (χ2v) is 8.45. The fourth-order valence-corrected chi connectivity index (χ4v) is 4.32. The van der Waals surface area contributed by atoms with Crippen LogP contribution < -0.4 is 0 Å². The van der Waals surface area contributed by atoms with Gasteiger partial charge in [-0.3, -0.25) is 0 Å². The fourth-order valence-electron chi connectivity index (χ4n) is 3.59. The molecule has 1 saturated heterocycles. The quantitative estimate of drug-likeness (QED) is 0.357. The molecule has 0 unspecified atom stereocenters. The number of alkyl halides is 1. The lowest BCUT2D eigenvalue weighted by Gasteiger charge is -2.24. The van der Waals surface area contributed by atoms with Crippen LogP contribution in [0.25, 0.3) is 0 Å². The van der Waals surface area contributed by atoms with Gasteiger partial charge in [0.15, 0.2) is 0 Å². The van der Waals surface area contributed by atoms with Gasteiger partial charge in [0.25, 0.3) is 0 Å². The van der Waals surface area contributed by atoms with Crippen LogP contribution in [0.15, 0.2) is 91.0 Å². The lowest BCUT2D eigenvalue weighted by Crippen LogP contribution is -2.38. The first kappa shape index (κ1) is 22.2. The zero-order valence-corrected chi connectivity index (χ0v) is 18.9. The van der Waals surface area contributed by atoms with Crippen LogP contribution in [0.1, 0.15) is 16.7 Å². The zero-order chi connectivity index (χ0) is 21.3. The van der Waals surface area contributed by atoms with Crippen molar-refractivity contribution < 1.29 is 18.9 Å². The molecule has 0 aliphatic carbocycles. The Morgan fingerprint density at radius 1 is 0.613 bits per heavy atom. The normalized spacial score (nSPS) is 23.1. The SMILES string of the molecule is Br[C@@H]1O[C@H](COCc2ccccc2)[C@@H](OCc2ccccc2)[C@@H]1OCc1ccccc1. The molecule has 0 bridgehead atoms. The molecule has 1 aliphatic heterocycles. The van der Waals surface area contributed by atoms with E-state index in [1.807, 2.05) is 54.6 Å². The van der Waals surface area contributed by atoms with Gasteiger partial charge in [0.2, 0.25) is 0 Å². The van der Waals surface area contributed by atoms with Crippen molar-refractivity contribution in [2.24, 2.45) is 0 Å². The van der Waals surface area contributed by atoms with Gasteiger partial charge in [0.1, 0.15) is 23.3 Å². The summed E-state index contributed by atoms with van der Waals surface area (Å²) in [6.07, 6.45) is -0.712. The lowest BCUT2D eigenvalue weighted by atomic mass is 10.1.